The molecule has 1 amide bonds. The zero-order valence-corrected chi connectivity index (χ0v) is 14.3. The fraction of sp³-hybridized carbons (Fsp3) is 0.300. The first-order valence-electron chi connectivity index (χ1n) is 8.77. The van der Waals surface area contributed by atoms with Gasteiger partial charge >= 0.3 is 0 Å². The molecule has 5 nitrogen and oxygen atoms in total. The first-order valence-corrected chi connectivity index (χ1v) is 8.77. The predicted molar refractivity (Wildman–Crippen MR) is 101 cm³/mol. The van der Waals surface area contributed by atoms with Gasteiger partial charge in [-0.2, -0.15) is 0 Å². The summed E-state index contributed by atoms with van der Waals surface area (Å²) in [6.45, 7) is 1.32. The van der Waals surface area contributed by atoms with E-state index < -0.39 is 0 Å². The van der Waals surface area contributed by atoms with Crippen LogP contribution < -0.4 is 11.1 Å². The van der Waals surface area contributed by atoms with Crippen LogP contribution in [-0.4, -0.2) is 22.0 Å². The van der Waals surface area contributed by atoms with Gasteiger partial charge in [-0.3, -0.25) is 10.1 Å². The van der Waals surface area contributed by atoms with Crippen molar-refractivity contribution in [3.05, 3.63) is 60.2 Å². The second-order valence-electron chi connectivity index (χ2n) is 6.11. The molecule has 0 fully saturated rings. The Kier molecular flexibility index (Phi) is 5.80. The van der Waals surface area contributed by atoms with Crippen molar-refractivity contribution in [2.24, 2.45) is 5.73 Å². The van der Waals surface area contributed by atoms with Gasteiger partial charge in [0.15, 0.2) is 0 Å². The fourth-order valence-electron chi connectivity index (χ4n) is 2.93. The van der Waals surface area contributed by atoms with Gasteiger partial charge in [-0.1, -0.05) is 42.5 Å². The number of fused-ring (bicyclic) bond motifs is 1. The van der Waals surface area contributed by atoms with Gasteiger partial charge in [-0.25, -0.2) is 4.98 Å². The zero-order valence-electron chi connectivity index (χ0n) is 14.3. The molecule has 0 atom stereocenters. The molecule has 3 N–H and O–H groups in total. The molecule has 0 saturated heterocycles. The van der Waals surface area contributed by atoms with Crippen molar-refractivity contribution < 1.29 is 4.79 Å². The number of imidazole rings is 1. The topological polar surface area (TPSA) is 72.9 Å². The maximum atomic E-state index is 12.1. The Hall–Kier alpha value is -2.66. The predicted octanol–water partition coefficient (Wildman–Crippen LogP) is 3.35. The highest BCUT2D eigenvalue weighted by Gasteiger charge is 2.12. The van der Waals surface area contributed by atoms with E-state index in [4.69, 9.17) is 5.73 Å². The van der Waals surface area contributed by atoms with Gasteiger partial charge in [-0.05, 0) is 43.5 Å². The molecule has 130 valence electrons. The monoisotopic (exact) mass is 336 g/mol. The number of aryl methyl sites for hydroxylation is 2. The number of benzene rings is 2. The first-order chi connectivity index (χ1) is 12.3. The minimum atomic E-state index is -0.0370. The number of rotatable bonds is 8. The van der Waals surface area contributed by atoms with Crippen LogP contribution in [0.5, 0.6) is 0 Å². The van der Waals surface area contributed by atoms with Crippen LogP contribution in [0.15, 0.2) is 54.6 Å². The van der Waals surface area contributed by atoms with Gasteiger partial charge in [0.2, 0.25) is 11.9 Å². The second-order valence-corrected chi connectivity index (χ2v) is 6.11. The van der Waals surface area contributed by atoms with E-state index in [0.29, 0.717) is 25.3 Å². The minimum absolute atomic E-state index is 0.0370. The Balaban J connectivity index is 1.74. The molecule has 0 aliphatic carbocycles. The lowest BCUT2D eigenvalue weighted by molar-refractivity contribution is -0.116. The smallest absolute Gasteiger partial charge is 0.226 e. The van der Waals surface area contributed by atoms with Gasteiger partial charge < -0.3 is 10.3 Å². The molecule has 0 bridgehead atoms. The summed E-state index contributed by atoms with van der Waals surface area (Å²) in [4.78, 5) is 16.7. The lowest BCUT2D eigenvalue weighted by atomic mass is 10.1. The van der Waals surface area contributed by atoms with E-state index in [1.165, 1.54) is 5.56 Å². The Bertz CT molecular complexity index is 826. The number of carbonyl (C=O) groups excluding carboxylic acids is 1. The van der Waals surface area contributed by atoms with Crippen molar-refractivity contribution in [2.75, 3.05) is 11.9 Å². The molecule has 25 heavy (non-hydrogen) atoms. The maximum Gasteiger partial charge on any atom is 0.226 e. The van der Waals surface area contributed by atoms with E-state index in [-0.39, 0.29) is 5.91 Å². The SMILES string of the molecule is NCCCC(=O)Nc1nc2ccccc2n1CCCc1ccccc1. The summed E-state index contributed by atoms with van der Waals surface area (Å²) in [5, 5.41) is 2.94. The molecular formula is C20H24N4O. The molecule has 1 heterocycles. The van der Waals surface area contributed by atoms with Crippen LogP contribution in [-0.2, 0) is 17.8 Å². The van der Waals surface area contributed by atoms with E-state index in [0.717, 1.165) is 30.4 Å². The van der Waals surface area contributed by atoms with Gasteiger partial charge in [0, 0.05) is 13.0 Å². The fourth-order valence-corrected chi connectivity index (χ4v) is 2.93. The highest BCUT2D eigenvalue weighted by molar-refractivity contribution is 5.91. The Labute approximate surface area is 147 Å². The quantitative estimate of drug-likeness (QED) is 0.662. The van der Waals surface area contributed by atoms with Gasteiger partial charge in [0.05, 0.1) is 11.0 Å². The van der Waals surface area contributed by atoms with Crippen LogP contribution in [0.4, 0.5) is 5.95 Å². The maximum absolute atomic E-state index is 12.1. The van der Waals surface area contributed by atoms with Crippen LogP contribution >= 0.6 is 0 Å². The molecule has 3 aromatic rings. The molecular weight excluding hydrogens is 312 g/mol. The average molecular weight is 336 g/mol. The second kappa shape index (κ2) is 8.44. The number of aromatic nitrogens is 2. The Morgan fingerprint density at radius 1 is 1.04 bits per heavy atom. The largest absolute Gasteiger partial charge is 0.330 e. The number of nitrogens with zero attached hydrogens (tertiary/aromatic N) is 2. The van der Waals surface area contributed by atoms with Crippen molar-refractivity contribution in [1.29, 1.82) is 0 Å². The van der Waals surface area contributed by atoms with Crippen molar-refractivity contribution in [1.82, 2.24) is 9.55 Å². The van der Waals surface area contributed by atoms with E-state index >= 15 is 0 Å². The Morgan fingerprint density at radius 3 is 2.60 bits per heavy atom. The lowest BCUT2D eigenvalue weighted by Gasteiger charge is -2.10. The normalized spacial score (nSPS) is 10.9. The molecule has 2 aromatic carbocycles. The summed E-state index contributed by atoms with van der Waals surface area (Å²) in [6.07, 6.45) is 3.08. The molecule has 5 heteroatoms. The molecule has 0 radical (unpaired) electrons. The molecule has 1 aromatic heterocycles. The number of hydrogen-bond acceptors (Lipinski definition) is 3. The van der Waals surface area contributed by atoms with E-state index in [2.05, 4.69) is 39.1 Å². The van der Waals surface area contributed by atoms with Crippen molar-refractivity contribution in [3.63, 3.8) is 0 Å². The van der Waals surface area contributed by atoms with Crippen LogP contribution in [0.1, 0.15) is 24.8 Å². The molecule has 0 aliphatic heterocycles. The van der Waals surface area contributed by atoms with Gasteiger partial charge in [0.25, 0.3) is 0 Å². The summed E-state index contributed by atoms with van der Waals surface area (Å²) in [5.41, 5.74) is 8.75. The number of hydrogen-bond donors (Lipinski definition) is 2. The highest BCUT2D eigenvalue weighted by atomic mass is 16.1. The molecule has 0 saturated carbocycles. The summed E-state index contributed by atoms with van der Waals surface area (Å²) in [6, 6.07) is 18.4. The zero-order chi connectivity index (χ0) is 17.5. The van der Waals surface area contributed by atoms with Crippen LogP contribution in [0.2, 0.25) is 0 Å². The average Bonchev–Trinajstić information content (AvgIpc) is 2.98. The molecule has 0 unspecified atom stereocenters. The minimum Gasteiger partial charge on any atom is -0.330 e. The van der Waals surface area contributed by atoms with Crippen LogP contribution in [0.3, 0.4) is 0 Å². The molecule has 3 rings (SSSR count). The summed E-state index contributed by atoms with van der Waals surface area (Å²) in [7, 11) is 0. The first kappa shape index (κ1) is 17.2. The van der Waals surface area contributed by atoms with Crippen LogP contribution in [0.25, 0.3) is 11.0 Å². The van der Waals surface area contributed by atoms with Crippen LogP contribution in [0, 0.1) is 0 Å². The number of para-hydroxylation sites is 2. The standard InChI is InChI=1S/C20H24N4O/c21-14-6-13-19(25)23-20-22-17-11-4-5-12-18(17)24(20)15-7-10-16-8-2-1-3-9-16/h1-5,8-9,11-12H,6-7,10,13-15,21H2,(H,22,23,25). The third-order valence-corrected chi connectivity index (χ3v) is 4.20. The van der Waals surface area contributed by atoms with Crippen molar-refractivity contribution in [2.45, 2.75) is 32.2 Å². The summed E-state index contributed by atoms with van der Waals surface area (Å²) < 4.78 is 2.10. The third kappa shape index (κ3) is 4.45. The lowest BCUT2D eigenvalue weighted by Crippen LogP contribution is -2.17. The van der Waals surface area contributed by atoms with E-state index in [1.54, 1.807) is 0 Å². The van der Waals surface area contributed by atoms with Crippen molar-refractivity contribution >= 4 is 22.9 Å². The van der Waals surface area contributed by atoms with Gasteiger partial charge in [0.1, 0.15) is 0 Å². The summed E-state index contributed by atoms with van der Waals surface area (Å²) >= 11 is 0. The molecule has 0 spiro atoms. The van der Waals surface area contributed by atoms with Gasteiger partial charge in [-0.15, -0.1) is 0 Å². The number of amides is 1. The number of anilines is 1. The summed E-state index contributed by atoms with van der Waals surface area (Å²) in [5.74, 6) is 0.585. The van der Waals surface area contributed by atoms with E-state index in [9.17, 15) is 4.79 Å². The molecule has 0 aliphatic rings. The van der Waals surface area contributed by atoms with Crippen molar-refractivity contribution in [3.8, 4) is 0 Å². The number of nitrogens with one attached hydrogen (secondary N) is 1. The Morgan fingerprint density at radius 2 is 1.80 bits per heavy atom. The highest BCUT2D eigenvalue weighted by Crippen LogP contribution is 2.21. The number of carbonyl (C=O) groups is 1. The number of nitrogens with two attached hydrogens (primary N) is 1. The third-order valence-electron chi connectivity index (χ3n) is 4.20. The van der Waals surface area contributed by atoms with E-state index in [1.807, 2.05) is 30.3 Å².